The van der Waals surface area contributed by atoms with Crippen LogP contribution in [0.1, 0.15) is 45.4 Å². The molecule has 0 unspecified atom stereocenters. The largest absolute Gasteiger partial charge is 0.480 e. The Morgan fingerprint density at radius 2 is 1.94 bits per heavy atom. The Labute approximate surface area is 102 Å². The molecule has 0 radical (unpaired) electrons. The Morgan fingerprint density at radius 1 is 1.29 bits per heavy atom. The number of amides is 1. The lowest BCUT2D eigenvalue weighted by Crippen LogP contribution is -2.55. The van der Waals surface area contributed by atoms with Gasteiger partial charge in [-0.05, 0) is 19.8 Å². The van der Waals surface area contributed by atoms with Crippen LogP contribution in [-0.4, -0.2) is 35.7 Å². The Kier molecular flexibility index (Phi) is 5.41. The van der Waals surface area contributed by atoms with E-state index in [1.807, 2.05) is 6.92 Å². The van der Waals surface area contributed by atoms with Gasteiger partial charge in [-0.25, -0.2) is 4.79 Å². The van der Waals surface area contributed by atoms with Gasteiger partial charge in [0.05, 0.1) is 6.61 Å². The van der Waals surface area contributed by atoms with Crippen molar-refractivity contribution in [3.05, 3.63) is 0 Å². The van der Waals surface area contributed by atoms with Crippen molar-refractivity contribution in [2.75, 3.05) is 13.2 Å². The fourth-order valence-corrected chi connectivity index (χ4v) is 2.19. The predicted molar refractivity (Wildman–Crippen MR) is 62.7 cm³/mol. The molecule has 1 aliphatic rings. The van der Waals surface area contributed by atoms with Gasteiger partial charge in [-0.2, -0.15) is 0 Å². The number of hydrogen-bond donors (Lipinski definition) is 2. The molecule has 17 heavy (non-hydrogen) atoms. The molecule has 1 amide bonds. The predicted octanol–water partition coefficient (Wildman–Crippen LogP) is 1.32. The van der Waals surface area contributed by atoms with Gasteiger partial charge in [-0.3, -0.25) is 4.79 Å². The third-order valence-corrected chi connectivity index (χ3v) is 3.17. The standard InChI is InChI=1S/C12H21NO4/c1-2-17-9-6-10(14)13-12(11(15)16)7-4-3-5-8-12/h2-9H2,1H3,(H,13,14)(H,15,16). The molecule has 0 spiro atoms. The minimum atomic E-state index is -1.04. The van der Waals surface area contributed by atoms with E-state index >= 15 is 0 Å². The van der Waals surface area contributed by atoms with Gasteiger partial charge in [0.2, 0.25) is 5.91 Å². The molecule has 0 heterocycles. The number of carbonyl (C=O) groups excluding carboxylic acids is 1. The third kappa shape index (κ3) is 4.00. The smallest absolute Gasteiger partial charge is 0.329 e. The summed E-state index contributed by atoms with van der Waals surface area (Å²) in [6.45, 7) is 2.77. The Morgan fingerprint density at radius 3 is 2.47 bits per heavy atom. The van der Waals surface area contributed by atoms with E-state index in [9.17, 15) is 14.7 Å². The van der Waals surface area contributed by atoms with Crippen molar-refractivity contribution in [2.24, 2.45) is 0 Å². The van der Waals surface area contributed by atoms with E-state index in [1.165, 1.54) is 0 Å². The monoisotopic (exact) mass is 243 g/mol. The molecule has 1 rings (SSSR count). The lowest BCUT2D eigenvalue weighted by molar-refractivity contribution is -0.149. The van der Waals surface area contributed by atoms with E-state index in [4.69, 9.17) is 4.74 Å². The summed E-state index contributed by atoms with van der Waals surface area (Å²) in [7, 11) is 0. The van der Waals surface area contributed by atoms with Gasteiger partial charge < -0.3 is 15.2 Å². The van der Waals surface area contributed by atoms with Gasteiger partial charge in [0.25, 0.3) is 0 Å². The first-order valence-corrected chi connectivity index (χ1v) is 6.23. The van der Waals surface area contributed by atoms with Crippen LogP contribution in [0.5, 0.6) is 0 Å². The second-order valence-electron chi connectivity index (χ2n) is 4.44. The van der Waals surface area contributed by atoms with E-state index in [2.05, 4.69) is 5.32 Å². The van der Waals surface area contributed by atoms with E-state index in [0.717, 1.165) is 19.3 Å². The zero-order valence-electron chi connectivity index (χ0n) is 10.3. The molecule has 1 aliphatic carbocycles. The van der Waals surface area contributed by atoms with Crippen molar-refractivity contribution in [1.82, 2.24) is 5.32 Å². The first-order chi connectivity index (χ1) is 8.10. The van der Waals surface area contributed by atoms with Crippen LogP contribution >= 0.6 is 0 Å². The summed E-state index contributed by atoms with van der Waals surface area (Å²) >= 11 is 0. The number of nitrogens with one attached hydrogen (secondary N) is 1. The average Bonchev–Trinajstić information content (AvgIpc) is 2.30. The highest BCUT2D eigenvalue weighted by Crippen LogP contribution is 2.28. The third-order valence-electron chi connectivity index (χ3n) is 3.17. The van der Waals surface area contributed by atoms with Crippen LogP contribution in [0, 0.1) is 0 Å². The van der Waals surface area contributed by atoms with Crippen molar-refractivity contribution < 1.29 is 19.4 Å². The number of ether oxygens (including phenoxy) is 1. The molecule has 1 fully saturated rings. The van der Waals surface area contributed by atoms with Crippen LogP contribution in [0.25, 0.3) is 0 Å². The highest BCUT2D eigenvalue weighted by atomic mass is 16.5. The Bertz CT molecular complexity index is 272. The summed E-state index contributed by atoms with van der Waals surface area (Å²) in [5, 5.41) is 11.9. The SMILES string of the molecule is CCOCCC(=O)NC1(C(=O)O)CCCCC1. The highest BCUT2D eigenvalue weighted by Gasteiger charge is 2.40. The van der Waals surface area contributed by atoms with E-state index in [1.54, 1.807) is 0 Å². The first-order valence-electron chi connectivity index (χ1n) is 6.23. The summed E-state index contributed by atoms with van der Waals surface area (Å²) < 4.78 is 5.08. The molecule has 1 saturated carbocycles. The van der Waals surface area contributed by atoms with Gasteiger partial charge in [0.1, 0.15) is 5.54 Å². The number of aliphatic carboxylic acids is 1. The summed E-state index contributed by atoms with van der Waals surface area (Å²) in [6.07, 6.45) is 4.05. The summed E-state index contributed by atoms with van der Waals surface area (Å²) in [6, 6.07) is 0. The first kappa shape index (κ1) is 14.0. The molecule has 98 valence electrons. The topological polar surface area (TPSA) is 75.6 Å². The Balaban J connectivity index is 2.48. The molecule has 0 saturated heterocycles. The molecule has 0 aromatic rings. The number of carbonyl (C=O) groups is 2. The number of carboxylic acid groups (broad SMARTS) is 1. The number of rotatable bonds is 6. The van der Waals surface area contributed by atoms with Gasteiger partial charge in [0, 0.05) is 13.0 Å². The van der Waals surface area contributed by atoms with E-state index in [-0.39, 0.29) is 12.3 Å². The molecule has 2 N–H and O–H groups in total. The average molecular weight is 243 g/mol. The van der Waals surface area contributed by atoms with Crippen LogP contribution in [0.15, 0.2) is 0 Å². The minimum Gasteiger partial charge on any atom is -0.480 e. The summed E-state index contributed by atoms with van der Waals surface area (Å²) in [5.41, 5.74) is -1.04. The van der Waals surface area contributed by atoms with Crippen molar-refractivity contribution in [1.29, 1.82) is 0 Å². The zero-order chi connectivity index (χ0) is 12.7. The van der Waals surface area contributed by atoms with Crippen molar-refractivity contribution in [2.45, 2.75) is 51.0 Å². The lowest BCUT2D eigenvalue weighted by atomic mass is 9.81. The molecule has 5 heteroatoms. The minimum absolute atomic E-state index is 0.225. The van der Waals surface area contributed by atoms with Crippen LogP contribution in [-0.2, 0) is 14.3 Å². The number of carboxylic acids is 1. The molecular formula is C12H21NO4. The van der Waals surface area contributed by atoms with Crippen LogP contribution < -0.4 is 5.32 Å². The van der Waals surface area contributed by atoms with Crippen LogP contribution in [0.3, 0.4) is 0 Å². The maximum absolute atomic E-state index is 11.6. The van der Waals surface area contributed by atoms with E-state index in [0.29, 0.717) is 26.1 Å². The maximum Gasteiger partial charge on any atom is 0.329 e. The van der Waals surface area contributed by atoms with Crippen molar-refractivity contribution >= 4 is 11.9 Å². The fraction of sp³-hybridized carbons (Fsp3) is 0.833. The lowest BCUT2D eigenvalue weighted by Gasteiger charge is -2.33. The zero-order valence-corrected chi connectivity index (χ0v) is 10.3. The molecule has 0 aliphatic heterocycles. The second-order valence-corrected chi connectivity index (χ2v) is 4.44. The molecule has 0 aromatic heterocycles. The molecule has 5 nitrogen and oxygen atoms in total. The quantitative estimate of drug-likeness (QED) is 0.690. The molecular weight excluding hydrogens is 222 g/mol. The number of hydrogen-bond acceptors (Lipinski definition) is 3. The van der Waals surface area contributed by atoms with Crippen molar-refractivity contribution in [3.8, 4) is 0 Å². The molecule has 0 atom stereocenters. The van der Waals surface area contributed by atoms with Crippen molar-refractivity contribution in [3.63, 3.8) is 0 Å². The Hall–Kier alpha value is -1.10. The van der Waals surface area contributed by atoms with Gasteiger partial charge in [-0.15, -0.1) is 0 Å². The fourth-order valence-electron chi connectivity index (χ4n) is 2.19. The maximum atomic E-state index is 11.6. The highest BCUT2D eigenvalue weighted by molar-refractivity contribution is 5.87. The normalized spacial score (nSPS) is 18.6. The van der Waals surface area contributed by atoms with Gasteiger partial charge in [0.15, 0.2) is 0 Å². The molecule has 0 aromatic carbocycles. The van der Waals surface area contributed by atoms with Gasteiger partial charge in [-0.1, -0.05) is 19.3 Å². The molecule has 0 bridgehead atoms. The van der Waals surface area contributed by atoms with Gasteiger partial charge >= 0.3 is 5.97 Å². The summed E-state index contributed by atoms with van der Waals surface area (Å²) in [4.78, 5) is 22.9. The second kappa shape index (κ2) is 6.59. The van der Waals surface area contributed by atoms with Crippen LogP contribution in [0.4, 0.5) is 0 Å². The summed E-state index contributed by atoms with van der Waals surface area (Å²) in [5.74, 6) is -1.15. The van der Waals surface area contributed by atoms with Crippen LogP contribution in [0.2, 0.25) is 0 Å². The van der Waals surface area contributed by atoms with E-state index < -0.39 is 11.5 Å².